The number of amides is 1. The number of hydrogen-bond acceptors (Lipinski definition) is 4. The van der Waals surface area contributed by atoms with E-state index in [1.807, 2.05) is 69.3 Å². The van der Waals surface area contributed by atoms with Gasteiger partial charge in [0.25, 0.3) is 0 Å². The molecule has 3 rings (SSSR count). The smallest absolute Gasteiger partial charge is 0.309 e. The molecule has 0 radical (unpaired) electrons. The van der Waals surface area contributed by atoms with Crippen LogP contribution in [0.15, 0.2) is 48.5 Å². The molecule has 1 heterocycles. The molecular weight excluding hydrogens is 390 g/mol. The Labute approximate surface area is 183 Å². The van der Waals surface area contributed by atoms with Crippen molar-refractivity contribution in [2.75, 3.05) is 5.32 Å². The Morgan fingerprint density at radius 3 is 2.26 bits per heavy atom. The molecule has 0 atom stereocenters. The highest BCUT2D eigenvalue weighted by molar-refractivity contribution is 5.92. The van der Waals surface area contributed by atoms with Gasteiger partial charge in [-0.3, -0.25) is 9.59 Å². The predicted molar refractivity (Wildman–Crippen MR) is 123 cm³/mol. The lowest BCUT2D eigenvalue weighted by Crippen LogP contribution is -2.17. The Kier molecular flexibility index (Phi) is 6.90. The minimum absolute atomic E-state index is 0.0350. The third kappa shape index (κ3) is 5.20. The highest BCUT2D eigenvalue weighted by atomic mass is 16.5. The van der Waals surface area contributed by atoms with Crippen molar-refractivity contribution in [2.24, 2.45) is 5.92 Å². The van der Waals surface area contributed by atoms with Gasteiger partial charge >= 0.3 is 5.97 Å². The van der Waals surface area contributed by atoms with Gasteiger partial charge in [0, 0.05) is 18.5 Å². The van der Waals surface area contributed by atoms with Gasteiger partial charge in [-0.2, -0.15) is 9.78 Å². The van der Waals surface area contributed by atoms with Crippen LogP contribution in [-0.2, 0) is 16.0 Å². The van der Waals surface area contributed by atoms with Crippen LogP contribution in [0.2, 0.25) is 0 Å². The largest absolute Gasteiger partial charge is 0.407 e. The van der Waals surface area contributed by atoms with E-state index in [-0.39, 0.29) is 11.8 Å². The average molecular weight is 420 g/mol. The molecule has 0 aliphatic rings. The zero-order chi connectivity index (χ0) is 22.5. The minimum Gasteiger partial charge on any atom is -0.407 e. The number of aryl methyl sites for hydroxylation is 2. The molecule has 2 aromatic carbocycles. The average Bonchev–Trinajstić information content (AvgIpc) is 3.06. The van der Waals surface area contributed by atoms with Gasteiger partial charge in [0.15, 0.2) is 0 Å². The summed E-state index contributed by atoms with van der Waals surface area (Å²) in [4.78, 5) is 23.9. The van der Waals surface area contributed by atoms with Crippen LogP contribution < -0.4 is 10.1 Å². The first-order valence-corrected chi connectivity index (χ1v) is 10.6. The molecule has 31 heavy (non-hydrogen) atoms. The number of nitrogens with zero attached hydrogens (tertiary/aromatic N) is 2. The summed E-state index contributed by atoms with van der Waals surface area (Å²) < 4.78 is 7.35. The maximum Gasteiger partial charge on any atom is 0.309 e. The fourth-order valence-electron chi connectivity index (χ4n) is 3.25. The number of esters is 1. The lowest BCUT2D eigenvalue weighted by molar-refractivity contribution is -0.132. The number of anilines is 1. The summed E-state index contributed by atoms with van der Waals surface area (Å²) in [5.74, 6) is -0.136. The van der Waals surface area contributed by atoms with Crippen LogP contribution in [0.25, 0.3) is 16.8 Å². The van der Waals surface area contributed by atoms with Crippen molar-refractivity contribution in [3.05, 3.63) is 59.8 Å². The predicted octanol–water partition coefficient (Wildman–Crippen LogP) is 5.32. The topological polar surface area (TPSA) is 73.2 Å². The summed E-state index contributed by atoms with van der Waals surface area (Å²) in [7, 11) is 0. The van der Waals surface area contributed by atoms with Crippen molar-refractivity contribution in [1.82, 2.24) is 9.78 Å². The second-order valence-electron chi connectivity index (χ2n) is 7.94. The Balaban J connectivity index is 2.10. The van der Waals surface area contributed by atoms with Crippen molar-refractivity contribution >= 4 is 17.6 Å². The molecule has 0 unspecified atom stereocenters. The Morgan fingerprint density at radius 1 is 1.06 bits per heavy atom. The van der Waals surface area contributed by atoms with Crippen LogP contribution in [-0.4, -0.2) is 21.7 Å². The molecule has 0 aliphatic carbocycles. The van der Waals surface area contributed by atoms with Crippen molar-refractivity contribution in [1.29, 1.82) is 0 Å². The maximum absolute atomic E-state index is 12.0. The zero-order valence-corrected chi connectivity index (χ0v) is 18.7. The van der Waals surface area contributed by atoms with Crippen LogP contribution >= 0.6 is 0 Å². The molecule has 0 bridgehead atoms. The lowest BCUT2D eigenvalue weighted by Gasteiger charge is -2.11. The molecule has 1 aromatic heterocycles. The van der Waals surface area contributed by atoms with Crippen molar-refractivity contribution in [3.8, 4) is 22.7 Å². The van der Waals surface area contributed by atoms with Gasteiger partial charge in [0.1, 0.15) is 0 Å². The molecule has 6 nitrogen and oxygen atoms in total. The van der Waals surface area contributed by atoms with Gasteiger partial charge in [-0.1, -0.05) is 57.0 Å². The monoisotopic (exact) mass is 419 g/mol. The van der Waals surface area contributed by atoms with E-state index in [0.29, 0.717) is 5.88 Å². The van der Waals surface area contributed by atoms with Crippen LogP contribution in [0, 0.1) is 12.8 Å². The van der Waals surface area contributed by atoms with E-state index in [0.717, 1.165) is 46.6 Å². The molecule has 1 amide bonds. The van der Waals surface area contributed by atoms with Crippen molar-refractivity contribution < 1.29 is 14.3 Å². The van der Waals surface area contributed by atoms with Crippen LogP contribution in [0.4, 0.5) is 5.69 Å². The van der Waals surface area contributed by atoms with Crippen molar-refractivity contribution in [3.63, 3.8) is 0 Å². The molecule has 0 saturated heterocycles. The van der Waals surface area contributed by atoms with Gasteiger partial charge in [-0.25, -0.2) is 0 Å². The number of nitrogens with one attached hydrogen (secondary N) is 1. The van der Waals surface area contributed by atoms with Gasteiger partial charge in [0.05, 0.1) is 16.9 Å². The highest BCUT2D eigenvalue weighted by Gasteiger charge is 2.23. The second-order valence-corrected chi connectivity index (χ2v) is 7.94. The first-order valence-electron chi connectivity index (χ1n) is 10.6. The number of carbonyl (C=O) groups is 2. The number of hydrogen-bond donors (Lipinski definition) is 1. The summed E-state index contributed by atoms with van der Waals surface area (Å²) >= 11 is 0. The first-order chi connectivity index (χ1) is 14.8. The number of aromatic nitrogens is 2. The molecule has 3 aromatic rings. The fraction of sp³-hybridized carbons (Fsp3) is 0.320. The fourth-order valence-corrected chi connectivity index (χ4v) is 3.25. The number of benzene rings is 2. The Morgan fingerprint density at radius 2 is 1.71 bits per heavy atom. The van der Waals surface area contributed by atoms with E-state index < -0.39 is 5.97 Å². The Bertz CT molecular complexity index is 1060. The second kappa shape index (κ2) is 9.60. The first kappa shape index (κ1) is 22.3. The Hall–Kier alpha value is -3.41. The van der Waals surface area contributed by atoms with Gasteiger partial charge < -0.3 is 10.1 Å². The number of rotatable bonds is 7. The molecule has 162 valence electrons. The summed E-state index contributed by atoms with van der Waals surface area (Å²) in [5, 5.41) is 7.69. The summed E-state index contributed by atoms with van der Waals surface area (Å²) in [6, 6.07) is 15.5. The maximum atomic E-state index is 12.0. The van der Waals surface area contributed by atoms with Crippen LogP contribution in [0.3, 0.4) is 0 Å². The quantitative estimate of drug-likeness (QED) is 0.526. The van der Waals surface area contributed by atoms with Crippen molar-refractivity contribution in [2.45, 2.75) is 47.5 Å². The van der Waals surface area contributed by atoms with Crippen LogP contribution in [0.1, 0.15) is 45.4 Å². The minimum atomic E-state index is -0.404. The molecule has 0 spiro atoms. The molecule has 0 saturated carbocycles. The highest BCUT2D eigenvalue weighted by Crippen LogP contribution is 2.37. The SMILES string of the molecule is CCCc1nn(-c2ccc(C)cc2)c(OC(C)=O)c1-c1ccc(NC(=O)C(C)C)cc1. The number of ether oxygens (including phenoxy) is 1. The molecule has 0 aliphatic heterocycles. The molecular formula is C25H29N3O3. The standard InChI is InChI=1S/C25H29N3O3/c1-6-7-22-23(19-10-12-20(13-11-19)26-24(30)16(2)3)25(31-18(5)29)28(27-22)21-14-8-17(4)9-15-21/h8-16H,6-7H2,1-5H3,(H,26,30). The molecule has 0 fully saturated rings. The number of carbonyl (C=O) groups excluding carboxylic acids is 2. The summed E-state index contributed by atoms with van der Waals surface area (Å²) in [6.07, 6.45) is 1.65. The van der Waals surface area contributed by atoms with Gasteiger partial charge in [-0.05, 0) is 43.2 Å². The summed E-state index contributed by atoms with van der Waals surface area (Å²) in [5.41, 5.74) is 5.21. The van der Waals surface area contributed by atoms with E-state index in [1.54, 1.807) is 4.68 Å². The van der Waals surface area contributed by atoms with E-state index in [2.05, 4.69) is 12.2 Å². The lowest BCUT2D eigenvalue weighted by atomic mass is 10.0. The third-order valence-electron chi connectivity index (χ3n) is 4.89. The van der Waals surface area contributed by atoms with Crippen LogP contribution in [0.5, 0.6) is 5.88 Å². The van der Waals surface area contributed by atoms with E-state index in [1.165, 1.54) is 6.92 Å². The summed E-state index contributed by atoms with van der Waals surface area (Å²) in [6.45, 7) is 9.20. The van der Waals surface area contributed by atoms with Gasteiger partial charge in [0.2, 0.25) is 11.8 Å². The normalized spacial score (nSPS) is 10.9. The van der Waals surface area contributed by atoms with E-state index >= 15 is 0 Å². The molecule has 1 N–H and O–H groups in total. The molecule has 6 heteroatoms. The van der Waals surface area contributed by atoms with E-state index in [9.17, 15) is 9.59 Å². The third-order valence-corrected chi connectivity index (χ3v) is 4.89. The van der Waals surface area contributed by atoms with Gasteiger partial charge in [-0.15, -0.1) is 0 Å². The zero-order valence-electron chi connectivity index (χ0n) is 18.7. The van der Waals surface area contributed by atoms with E-state index in [4.69, 9.17) is 9.84 Å².